The van der Waals surface area contributed by atoms with Gasteiger partial charge in [0.25, 0.3) is 5.91 Å². The Balaban J connectivity index is 2.11. The largest absolute Gasteiger partial charge is 0.508 e. The number of nitrogens with two attached hydrogens (primary N) is 1. The van der Waals surface area contributed by atoms with Crippen molar-refractivity contribution in [1.82, 2.24) is 4.98 Å². The van der Waals surface area contributed by atoms with Crippen LogP contribution in [0.25, 0.3) is 0 Å². The van der Waals surface area contributed by atoms with E-state index in [1.807, 2.05) is 0 Å². The van der Waals surface area contributed by atoms with Crippen molar-refractivity contribution in [3.05, 3.63) is 40.4 Å². The predicted molar refractivity (Wildman–Crippen MR) is 78.8 cm³/mol. The number of aromatic hydroxyl groups is 1. The van der Waals surface area contributed by atoms with Gasteiger partial charge in [-0.1, -0.05) is 29.2 Å². The molecule has 0 radical (unpaired) electrons. The normalized spacial score (nSPS) is 9.70. The maximum atomic E-state index is 12.0. The second kappa shape index (κ2) is 6.19. The van der Waals surface area contributed by atoms with Crippen molar-refractivity contribution < 1.29 is 9.90 Å². The molecule has 4 N–H and O–H groups in total. The van der Waals surface area contributed by atoms with Crippen molar-refractivity contribution in [2.45, 2.75) is 6.92 Å². The summed E-state index contributed by atoms with van der Waals surface area (Å²) < 4.78 is 0. The first-order valence-electron chi connectivity index (χ1n) is 5.86. The molecule has 0 aliphatic carbocycles. The highest BCUT2D eigenvalue weighted by atomic mass is 32.1. The quantitative estimate of drug-likeness (QED) is 0.734. The van der Waals surface area contributed by atoms with Gasteiger partial charge in [0, 0.05) is 5.56 Å². The van der Waals surface area contributed by atoms with Crippen LogP contribution in [0.2, 0.25) is 0 Å². The highest BCUT2D eigenvalue weighted by molar-refractivity contribution is 7.16. The molecule has 1 aromatic heterocycles. The molecule has 0 spiro atoms. The molecule has 0 saturated heterocycles. The molecule has 2 rings (SSSR count). The number of phenols is 1. The molecule has 0 fully saturated rings. The van der Waals surface area contributed by atoms with Gasteiger partial charge in [0.15, 0.2) is 5.13 Å². The lowest BCUT2D eigenvalue weighted by Gasteiger charge is -2.03. The van der Waals surface area contributed by atoms with E-state index in [9.17, 15) is 9.90 Å². The number of rotatable bonds is 2. The molecular formula is C14H13N3O2S. The van der Waals surface area contributed by atoms with Crippen molar-refractivity contribution >= 4 is 22.4 Å². The number of amides is 1. The number of carbonyl (C=O) groups excluding carboxylic acids is 1. The lowest BCUT2D eigenvalue weighted by Crippen LogP contribution is -2.11. The second-order valence-corrected chi connectivity index (χ2v) is 5.02. The number of aromatic nitrogens is 1. The molecule has 1 aromatic carbocycles. The van der Waals surface area contributed by atoms with Gasteiger partial charge in [-0.3, -0.25) is 10.1 Å². The summed E-state index contributed by atoms with van der Waals surface area (Å²) in [4.78, 5) is 16.8. The third kappa shape index (κ3) is 3.35. The van der Waals surface area contributed by atoms with Gasteiger partial charge in [-0.05, 0) is 24.6 Å². The van der Waals surface area contributed by atoms with Crippen LogP contribution >= 0.6 is 11.3 Å². The van der Waals surface area contributed by atoms with Crippen LogP contribution in [0.5, 0.6) is 5.75 Å². The summed E-state index contributed by atoms with van der Waals surface area (Å²) in [5.74, 6) is 5.33. The van der Waals surface area contributed by atoms with Gasteiger partial charge in [-0.15, -0.1) is 0 Å². The monoisotopic (exact) mass is 287 g/mol. The zero-order chi connectivity index (χ0) is 14.5. The fourth-order valence-electron chi connectivity index (χ4n) is 1.45. The number of anilines is 1. The number of hydrogen-bond donors (Lipinski definition) is 3. The first-order valence-corrected chi connectivity index (χ1v) is 6.67. The summed E-state index contributed by atoms with van der Waals surface area (Å²) in [6, 6.07) is 4.75. The summed E-state index contributed by atoms with van der Waals surface area (Å²) in [6.45, 7) is 2.04. The van der Waals surface area contributed by atoms with Gasteiger partial charge >= 0.3 is 0 Å². The maximum Gasteiger partial charge on any atom is 0.257 e. The van der Waals surface area contributed by atoms with E-state index >= 15 is 0 Å². The molecule has 0 aliphatic heterocycles. The Bertz CT molecular complexity index is 698. The number of benzene rings is 1. The van der Waals surface area contributed by atoms with Crippen molar-refractivity contribution in [2.75, 3.05) is 11.9 Å². The number of nitrogens with zero attached hydrogens (tertiary/aromatic N) is 1. The number of nitrogens with one attached hydrogen (secondary N) is 1. The lowest BCUT2D eigenvalue weighted by atomic mass is 10.1. The molecule has 5 nitrogen and oxygen atoms in total. The topological polar surface area (TPSA) is 88.2 Å². The molecule has 6 heteroatoms. The van der Waals surface area contributed by atoms with Gasteiger partial charge < -0.3 is 10.8 Å². The first-order chi connectivity index (χ1) is 9.60. The Labute approximate surface area is 120 Å². The zero-order valence-electron chi connectivity index (χ0n) is 10.8. The molecule has 20 heavy (non-hydrogen) atoms. The summed E-state index contributed by atoms with van der Waals surface area (Å²) in [5, 5.41) is 12.7. The van der Waals surface area contributed by atoms with Crippen molar-refractivity contribution in [3.63, 3.8) is 0 Å². The first kappa shape index (κ1) is 14.1. The fraction of sp³-hybridized carbons (Fsp3) is 0.143. The molecule has 1 amide bonds. The van der Waals surface area contributed by atoms with E-state index in [-0.39, 0.29) is 18.2 Å². The Morgan fingerprint density at radius 1 is 1.55 bits per heavy atom. The average molecular weight is 287 g/mol. The highest BCUT2D eigenvalue weighted by Gasteiger charge is 2.10. The zero-order valence-corrected chi connectivity index (χ0v) is 11.6. The number of aryl methyl sites for hydroxylation is 1. The molecule has 1 heterocycles. The van der Waals surface area contributed by atoms with Gasteiger partial charge in [-0.2, -0.15) is 0 Å². The van der Waals surface area contributed by atoms with Crippen LogP contribution in [0.3, 0.4) is 0 Å². The SMILES string of the molecule is Cc1ccc(C(=O)Nc2ncc(C#CCN)s2)cc1O. The van der Waals surface area contributed by atoms with Crippen LogP contribution in [0.1, 0.15) is 20.8 Å². The van der Waals surface area contributed by atoms with E-state index in [1.54, 1.807) is 25.3 Å². The molecule has 0 bridgehead atoms. The molecule has 0 saturated carbocycles. The Kier molecular flexibility index (Phi) is 4.35. The summed E-state index contributed by atoms with van der Waals surface area (Å²) in [6.07, 6.45) is 1.58. The molecule has 102 valence electrons. The van der Waals surface area contributed by atoms with Crippen LogP contribution in [0.15, 0.2) is 24.4 Å². The number of thiazole rings is 1. The third-order valence-electron chi connectivity index (χ3n) is 2.51. The molecule has 0 atom stereocenters. The summed E-state index contributed by atoms with van der Waals surface area (Å²) in [5.41, 5.74) is 6.37. The average Bonchev–Trinajstić information content (AvgIpc) is 2.87. The number of carbonyl (C=O) groups is 1. The lowest BCUT2D eigenvalue weighted by molar-refractivity contribution is 0.102. The standard InChI is InChI=1S/C14H13N3O2S/c1-9-4-5-10(7-12(9)18)13(19)17-14-16-8-11(20-14)3-2-6-15/h4-5,7-8,18H,6,15H2,1H3,(H,16,17,19). The molecule has 2 aromatic rings. The van der Waals surface area contributed by atoms with E-state index < -0.39 is 0 Å². The van der Waals surface area contributed by atoms with Crippen LogP contribution in [-0.2, 0) is 0 Å². The smallest absolute Gasteiger partial charge is 0.257 e. The van der Waals surface area contributed by atoms with E-state index in [2.05, 4.69) is 22.1 Å². The van der Waals surface area contributed by atoms with Gasteiger partial charge in [0.2, 0.25) is 0 Å². The van der Waals surface area contributed by atoms with Gasteiger partial charge in [0.1, 0.15) is 5.75 Å². The van der Waals surface area contributed by atoms with E-state index in [0.29, 0.717) is 10.7 Å². The minimum atomic E-state index is -0.326. The van der Waals surface area contributed by atoms with E-state index in [0.717, 1.165) is 10.4 Å². The van der Waals surface area contributed by atoms with Crippen molar-refractivity contribution in [3.8, 4) is 17.6 Å². The van der Waals surface area contributed by atoms with Crippen LogP contribution in [0.4, 0.5) is 5.13 Å². The molecular weight excluding hydrogens is 274 g/mol. The highest BCUT2D eigenvalue weighted by Crippen LogP contribution is 2.20. The van der Waals surface area contributed by atoms with Crippen LogP contribution < -0.4 is 11.1 Å². The van der Waals surface area contributed by atoms with Crippen LogP contribution in [0, 0.1) is 18.8 Å². The van der Waals surface area contributed by atoms with Crippen molar-refractivity contribution in [1.29, 1.82) is 0 Å². The third-order valence-corrected chi connectivity index (χ3v) is 3.34. The minimum Gasteiger partial charge on any atom is -0.508 e. The van der Waals surface area contributed by atoms with E-state index in [1.165, 1.54) is 17.4 Å². The Morgan fingerprint density at radius 3 is 3.05 bits per heavy atom. The minimum absolute atomic E-state index is 0.0892. The summed E-state index contributed by atoms with van der Waals surface area (Å²) >= 11 is 1.27. The number of phenolic OH excluding ortho intramolecular Hbond substituents is 1. The number of hydrogen-bond acceptors (Lipinski definition) is 5. The summed E-state index contributed by atoms with van der Waals surface area (Å²) in [7, 11) is 0. The Morgan fingerprint density at radius 2 is 2.35 bits per heavy atom. The van der Waals surface area contributed by atoms with E-state index in [4.69, 9.17) is 5.73 Å². The molecule has 0 unspecified atom stereocenters. The Hall–Kier alpha value is -2.36. The molecule has 0 aliphatic rings. The fourth-order valence-corrected chi connectivity index (χ4v) is 2.13. The second-order valence-electron chi connectivity index (χ2n) is 3.99. The van der Waals surface area contributed by atoms with Crippen molar-refractivity contribution in [2.24, 2.45) is 5.73 Å². The van der Waals surface area contributed by atoms with Crippen LogP contribution in [-0.4, -0.2) is 22.5 Å². The maximum absolute atomic E-state index is 12.0. The van der Waals surface area contributed by atoms with Gasteiger partial charge in [0.05, 0.1) is 17.6 Å². The predicted octanol–water partition coefficient (Wildman–Crippen LogP) is 1.72. The van der Waals surface area contributed by atoms with Gasteiger partial charge in [-0.25, -0.2) is 4.98 Å².